The topological polar surface area (TPSA) is 67.1 Å². The lowest BCUT2D eigenvalue weighted by molar-refractivity contribution is -0.132. The fraction of sp³-hybridized carbons (Fsp3) is 0.200. The Morgan fingerprint density at radius 2 is 2.19 bits per heavy atom. The summed E-state index contributed by atoms with van der Waals surface area (Å²) in [5.41, 5.74) is 2.63. The molecule has 1 aromatic carbocycles. The summed E-state index contributed by atoms with van der Waals surface area (Å²) in [6.07, 6.45) is 6.73. The number of halogens is 1. The average Bonchev–Trinajstić information content (AvgIpc) is 3.11. The summed E-state index contributed by atoms with van der Waals surface area (Å²) < 4.78 is 7.94. The molecule has 27 heavy (non-hydrogen) atoms. The van der Waals surface area contributed by atoms with Gasteiger partial charge < -0.3 is 19.1 Å². The van der Waals surface area contributed by atoms with Gasteiger partial charge in [-0.05, 0) is 29.8 Å². The van der Waals surface area contributed by atoms with Crippen molar-refractivity contribution in [3.63, 3.8) is 0 Å². The number of pyridine rings is 1. The van der Waals surface area contributed by atoms with Crippen LogP contribution in [-0.4, -0.2) is 45.0 Å². The molecule has 7 heteroatoms. The third-order valence-electron chi connectivity index (χ3n) is 4.68. The smallest absolute Gasteiger partial charge is 0.245 e. The highest BCUT2D eigenvalue weighted by atomic mass is 35.5. The first-order chi connectivity index (χ1) is 13.0. The van der Waals surface area contributed by atoms with Crippen LogP contribution in [0.3, 0.4) is 0 Å². The summed E-state index contributed by atoms with van der Waals surface area (Å²) >= 11 is 6.04. The van der Waals surface area contributed by atoms with Crippen molar-refractivity contribution < 1.29 is 14.6 Å². The van der Waals surface area contributed by atoms with E-state index < -0.39 is 0 Å². The van der Waals surface area contributed by atoms with Gasteiger partial charge in [-0.3, -0.25) is 4.79 Å². The summed E-state index contributed by atoms with van der Waals surface area (Å²) in [4.78, 5) is 17.5. The maximum atomic E-state index is 11.5. The van der Waals surface area contributed by atoms with Gasteiger partial charge in [-0.1, -0.05) is 24.2 Å². The molecule has 3 heterocycles. The third kappa shape index (κ3) is 3.36. The van der Waals surface area contributed by atoms with E-state index in [1.165, 1.54) is 6.08 Å². The van der Waals surface area contributed by atoms with E-state index in [1.54, 1.807) is 35.6 Å². The lowest BCUT2D eigenvalue weighted by atomic mass is 10.0. The SMILES string of the molecule is C=CC(=O)N1CC(COc2cc(-c3ccc(O)c(Cl)c3)cn3cncc23)C1. The number of phenolic OH excluding ortho intramolecular Hbond substituents is 1. The van der Waals surface area contributed by atoms with Crippen molar-refractivity contribution in [1.29, 1.82) is 0 Å². The molecule has 0 aliphatic carbocycles. The molecule has 2 aromatic heterocycles. The van der Waals surface area contributed by atoms with Crippen molar-refractivity contribution in [2.75, 3.05) is 19.7 Å². The number of hydrogen-bond acceptors (Lipinski definition) is 4. The highest BCUT2D eigenvalue weighted by Gasteiger charge is 2.29. The van der Waals surface area contributed by atoms with Crippen molar-refractivity contribution in [3.8, 4) is 22.6 Å². The van der Waals surface area contributed by atoms with Gasteiger partial charge in [-0.25, -0.2) is 4.98 Å². The van der Waals surface area contributed by atoms with Crippen LogP contribution in [0.15, 0.2) is 55.6 Å². The Balaban J connectivity index is 1.55. The lowest BCUT2D eigenvalue weighted by Crippen LogP contribution is -2.51. The summed E-state index contributed by atoms with van der Waals surface area (Å²) in [5.74, 6) is 1.01. The summed E-state index contributed by atoms with van der Waals surface area (Å²) in [6.45, 7) is 5.37. The van der Waals surface area contributed by atoms with Crippen LogP contribution in [0.25, 0.3) is 16.6 Å². The Bertz CT molecular complexity index is 1020. The molecule has 1 aliphatic heterocycles. The molecule has 0 atom stereocenters. The van der Waals surface area contributed by atoms with E-state index in [0.29, 0.717) is 36.4 Å². The number of ether oxygens (including phenoxy) is 1. The molecular formula is C20H18ClN3O3. The van der Waals surface area contributed by atoms with Crippen molar-refractivity contribution in [3.05, 3.63) is 60.7 Å². The normalized spacial score (nSPS) is 14.2. The van der Waals surface area contributed by atoms with Crippen molar-refractivity contribution in [2.24, 2.45) is 5.92 Å². The Morgan fingerprint density at radius 3 is 2.93 bits per heavy atom. The maximum absolute atomic E-state index is 11.5. The molecule has 0 spiro atoms. The largest absolute Gasteiger partial charge is 0.506 e. The number of hydrogen-bond donors (Lipinski definition) is 1. The Morgan fingerprint density at radius 1 is 1.37 bits per heavy atom. The number of rotatable bonds is 5. The minimum absolute atomic E-state index is 0.0456. The average molecular weight is 384 g/mol. The van der Waals surface area contributed by atoms with Crippen LogP contribution in [0, 0.1) is 5.92 Å². The molecular weight excluding hydrogens is 366 g/mol. The molecule has 1 saturated heterocycles. The first-order valence-corrected chi connectivity index (χ1v) is 8.91. The van der Waals surface area contributed by atoms with E-state index in [1.807, 2.05) is 16.7 Å². The Hall–Kier alpha value is -2.99. The monoisotopic (exact) mass is 383 g/mol. The molecule has 0 radical (unpaired) electrons. The summed E-state index contributed by atoms with van der Waals surface area (Å²) in [7, 11) is 0. The standard InChI is InChI=1S/C20H18ClN3O3/c1-2-20(26)23-8-13(9-23)11-27-19-6-15(10-24-12-22-7-17(19)24)14-3-4-18(25)16(21)5-14/h2-7,10,12-13,25H,1,8-9,11H2. The van der Waals surface area contributed by atoms with Crippen LogP contribution in [0.1, 0.15) is 0 Å². The number of benzene rings is 1. The zero-order valence-corrected chi connectivity index (χ0v) is 15.3. The second-order valence-corrected chi connectivity index (χ2v) is 6.98. The zero-order valence-electron chi connectivity index (χ0n) is 14.5. The van der Waals surface area contributed by atoms with Gasteiger partial charge in [0.25, 0.3) is 0 Å². The van der Waals surface area contributed by atoms with Crippen molar-refractivity contribution in [1.82, 2.24) is 14.3 Å². The Kier molecular flexibility index (Phi) is 4.49. The molecule has 4 rings (SSSR count). The molecule has 1 aliphatic rings. The van der Waals surface area contributed by atoms with E-state index in [2.05, 4.69) is 11.6 Å². The van der Waals surface area contributed by atoms with Gasteiger partial charge in [-0.15, -0.1) is 0 Å². The molecule has 1 amide bonds. The van der Waals surface area contributed by atoms with Crippen molar-refractivity contribution >= 4 is 23.0 Å². The highest BCUT2D eigenvalue weighted by Crippen LogP contribution is 2.33. The number of aromatic hydroxyl groups is 1. The molecule has 0 saturated carbocycles. The van der Waals surface area contributed by atoms with Gasteiger partial charge >= 0.3 is 0 Å². The molecule has 6 nitrogen and oxygen atoms in total. The molecule has 1 N–H and O–H groups in total. The molecule has 3 aromatic rings. The van der Waals surface area contributed by atoms with Crippen LogP contribution in [0.4, 0.5) is 0 Å². The molecule has 0 bridgehead atoms. The predicted octanol–water partition coefficient (Wildman–Crippen LogP) is 3.38. The molecule has 0 unspecified atom stereocenters. The first kappa shape index (κ1) is 17.4. The summed E-state index contributed by atoms with van der Waals surface area (Å²) in [5, 5.41) is 9.93. The maximum Gasteiger partial charge on any atom is 0.245 e. The van der Waals surface area contributed by atoms with Gasteiger partial charge in [0.2, 0.25) is 5.91 Å². The number of likely N-dealkylation sites (tertiary alicyclic amines) is 1. The number of aromatic nitrogens is 2. The third-order valence-corrected chi connectivity index (χ3v) is 4.99. The van der Waals surface area contributed by atoms with Gasteiger partial charge in [0.05, 0.1) is 24.2 Å². The number of carbonyl (C=O) groups excluding carboxylic acids is 1. The quantitative estimate of drug-likeness (QED) is 0.686. The number of phenols is 1. The number of imidazole rings is 1. The van der Waals surface area contributed by atoms with Crippen LogP contribution in [0.5, 0.6) is 11.5 Å². The zero-order chi connectivity index (χ0) is 19.0. The molecule has 138 valence electrons. The van der Waals surface area contributed by atoms with E-state index in [9.17, 15) is 9.90 Å². The number of amides is 1. The van der Waals surface area contributed by atoms with Crippen LogP contribution in [0.2, 0.25) is 5.02 Å². The number of fused-ring (bicyclic) bond motifs is 1. The van der Waals surface area contributed by atoms with E-state index in [0.717, 1.165) is 16.6 Å². The van der Waals surface area contributed by atoms with Gasteiger partial charge in [0.1, 0.15) is 17.0 Å². The fourth-order valence-corrected chi connectivity index (χ4v) is 3.33. The van der Waals surface area contributed by atoms with E-state index in [-0.39, 0.29) is 11.7 Å². The van der Waals surface area contributed by atoms with E-state index in [4.69, 9.17) is 16.3 Å². The number of carbonyl (C=O) groups is 1. The highest BCUT2D eigenvalue weighted by molar-refractivity contribution is 6.32. The summed E-state index contributed by atoms with van der Waals surface area (Å²) in [6, 6.07) is 7.01. The first-order valence-electron chi connectivity index (χ1n) is 8.54. The van der Waals surface area contributed by atoms with Gasteiger partial charge in [0.15, 0.2) is 0 Å². The number of nitrogens with zero attached hydrogens (tertiary/aromatic N) is 3. The van der Waals surface area contributed by atoms with Crippen LogP contribution >= 0.6 is 11.6 Å². The second-order valence-electron chi connectivity index (χ2n) is 6.57. The van der Waals surface area contributed by atoms with Crippen molar-refractivity contribution in [2.45, 2.75) is 0 Å². The second kappa shape index (κ2) is 6.96. The fourth-order valence-electron chi connectivity index (χ4n) is 3.15. The van der Waals surface area contributed by atoms with Gasteiger partial charge in [-0.2, -0.15) is 0 Å². The molecule has 1 fully saturated rings. The Labute approximate surface area is 161 Å². The lowest BCUT2D eigenvalue weighted by Gasteiger charge is -2.38. The van der Waals surface area contributed by atoms with Crippen LogP contribution in [-0.2, 0) is 4.79 Å². The van der Waals surface area contributed by atoms with E-state index >= 15 is 0 Å². The van der Waals surface area contributed by atoms with Gasteiger partial charge in [0, 0.05) is 30.8 Å². The minimum Gasteiger partial charge on any atom is -0.506 e. The van der Waals surface area contributed by atoms with Crippen LogP contribution < -0.4 is 4.74 Å². The minimum atomic E-state index is -0.0457. The predicted molar refractivity (Wildman–Crippen MR) is 103 cm³/mol.